The summed E-state index contributed by atoms with van der Waals surface area (Å²) in [6.45, 7) is 5.94. The van der Waals surface area contributed by atoms with Crippen molar-refractivity contribution >= 4 is 17.6 Å². The maximum atomic E-state index is 11.4. The van der Waals surface area contributed by atoms with Gasteiger partial charge in [0.15, 0.2) is 0 Å². The zero-order valence-corrected chi connectivity index (χ0v) is 11.0. The number of halogens is 1. The number of methoxy groups -OCH3 is 1. The molecule has 1 aromatic rings. The van der Waals surface area contributed by atoms with Crippen molar-refractivity contribution in [2.45, 2.75) is 33.1 Å². The van der Waals surface area contributed by atoms with Crippen LogP contribution >= 0.6 is 11.6 Å². The lowest BCUT2D eigenvalue weighted by atomic mass is 9.97. The molecule has 1 atom stereocenters. The van der Waals surface area contributed by atoms with Crippen LogP contribution in [-0.4, -0.2) is 13.1 Å². The van der Waals surface area contributed by atoms with Gasteiger partial charge in [-0.05, 0) is 18.1 Å². The highest BCUT2D eigenvalue weighted by Crippen LogP contribution is 2.27. The molecule has 0 fully saturated rings. The van der Waals surface area contributed by atoms with Crippen LogP contribution < -0.4 is 0 Å². The lowest BCUT2D eigenvalue weighted by molar-refractivity contribution is -0.142. The smallest absolute Gasteiger partial charge is 0.313 e. The van der Waals surface area contributed by atoms with E-state index in [9.17, 15) is 4.79 Å². The lowest BCUT2D eigenvalue weighted by Crippen LogP contribution is -2.13. The van der Waals surface area contributed by atoms with Gasteiger partial charge in [0, 0.05) is 5.02 Å². The summed E-state index contributed by atoms with van der Waals surface area (Å²) in [4.78, 5) is 11.4. The van der Waals surface area contributed by atoms with Crippen molar-refractivity contribution in [2.24, 2.45) is 0 Å². The molecule has 3 heteroatoms. The number of carbonyl (C=O) groups is 1. The number of hydrogen-bond acceptors (Lipinski definition) is 2. The van der Waals surface area contributed by atoms with Gasteiger partial charge >= 0.3 is 5.97 Å². The molecule has 0 aromatic heterocycles. The van der Waals surface area contributed by atoms with Crippen molar-refractivity contribution in [3.8, 4) is 0 Å². The number of ether oxygens (including phenoxy) is 1. The summed E-state index contributed by atoms with van der Waals surface area (Å²) in [7, 11) is 1.39. The van der Waals surface area contributed by atoms with Gasteiger partial charge in [0.25, 0.3) is 0 Å². The average molecular weight is 243 g/mol. The summed E-state index contributed by atoms with van der Waals surface area (Å²) < 4.78 is 4.72. The second kappa shape index (κ2) is 8.17. The molecule has 0 saturated carbocycles. The first-order valence-electron chi connectivity index (χ1n) is 5.53. The Labute approximate surface area is 103 Å². The average Bonchev–Trinajstić information content (AvgIpc) is 2.34. The van der Waals surface area contributed by atoms with E-state index in [-0.39, 0.29) is 11.9 Å². The summed E-state index contributed by atoms with van der Waals surface area (Å²) in [5.41, 5.74) is 0.837. The number of hydrogen-bond donors (Lipinski definition) is 0. The van der Waals surface area contributed by atoms with Gasteiger partial charge in [-0.25, -0.2) is 0 Å². The van der Waals surface area contributed by atoms with Crippen molar-refractivity contribution < 1.29 is 9.53 Å². The van der Waals surface area contributed by atoms with Crippen LogP contribution in [0.1, 0.15) is 38.7 Å². The Morgan fingerprint density at radius 1 is 1.38 bits per heavy atom. The Balaban J connectivity index is 0.00000106. The molecule has 0 heterocycles. The summed E-state index contributed by atoms with van der Waals surface area (Å²) >= 11 is 5.99. The molecule has 1 rings (SSSR count). The molecule has 0 bridgehead atoms. The van der Waals surface area contributed by atoms with Gasteiger partial charge in [-0.3, -0.25) is 4.79 Å². The minimum Gasteiger partial charge on any atom is -0.469 e. The highest BCUT2D eigenvalue weighted by Gasteiger charge is 2.20. The van der Waals surface area contributed by atoms with E-state index in [1.807, 2.05) is 39.0 Å². The molecule has 90 valence electrons. The first-order chi connectivity index (χ1) is 7.70. The molecule has 0 radical (unpaired) electrons. The minimum atomic E-state index is -0.256. The van der Waals surface area contributed by atoms with E-state index >= 15 is 0 Å². The Morgan fingerprint density at radius 2 is 1.94 bits per heavy atom. The van der Waals surface area contributed by atoms with E-state index in [1.165, 1.54) is 7.11 Å². The molecule has 1 aromatic carbocycles. The maximum absolute atomic E-state index is 11.4. The second-order valence-corrected chi connectivity index (χ2v) is 3.41. The molecule has 0 saturated heterocycles. The van der Waals surface area contributed by atoms with E-state index in [4.69, 9.17) is 16.3 Å². The number of carbonyl (C=O) groups excluding carboxylic acids is 1. The molecule has 0 N–H and O–H groups in total. The number of esters is 1. The maximum Gasteiger partial charge on any atom is 0.313 e. The zero-order valence-electron chi connectivity index (χ0n) is 10.3. The van der Waals surface area contributed by atoms with Gasteiger partial charge < -0.3 is 4.74 Å². The number of benzene rings is 1. The second-order valence-electron chi connectivity index (χ2n) is 3.01. The largest absolute Gasteiger partial charge is 0.469 e. The summed E-state index contributed by atoms with van der Waals surface area (Å²) in [6.07, 6.45) is 0.691. The predicted octanol–water partition coefficient (Wildman–Crippen LogP) is 4.03. The highest BCUT2D eigenvalue weighted by molar-refractivity contribution is 6.31. The van der Waals surface area contributed by atoms with Crippen LogP contribution in [0.3, 0.4) is 0 Å². The van der Waals surface area contributed by atoms with Crippen LogP contribution in [0.5, 0.6) is 0 Å². The van der Waals surface area contributed by atoms with Crippen LogP contribution in [-0.2, 0) is 9.53 Å². The molecule has 0 spiro atoms. The fourth-order valence-electron chi connectivity index (χ4n) is 1.41. The van der Waals surface area contributed by atoms with Crippen molar-refractivity contribution in [1.29, 1.82) is 0 Å². The van der Waals surface area contributed by atoms with Gasteiger partial charge in [0.2, 0.25) is 0 Å². The van der Waals surface area contributed by atoms with E-state index in [1.54, 1.807) is 6.07 Å². The summed E-state index contributed by atoms with van der Waals surface area (Å²) in [5.74, 6) is -0.491. The molecule has 0 aliphatic carbocycles. The van der Waals surface area contributed by atoms with Crippen LogP contribution in [0, 0.1) is 0 Å². The van der Waals surface area contributed by atoms with Crippen molar-refractivity contribution in [1.82, 2.24) is 0 Å². The SMILES string of the molecule is CC.CCC(C(=O)OC)c1ccccc1Cl. The number of rotatable bonds is 3. The molecule has 0 aliphatic heterocycles. The highest BCUT2D eigenvalue weighted by atomic mass is 35.5. The summed E-state index contributed by atoms with van der Waals surface area (Å²) in [6, 6.07) is 7.35. The Kier molecular flexibility index (Phi) is 7.65. The Bertz CT molecular complexity index is 323. The predicted molar refractivity (Wildman–Crippen MR) is 67.8 cm³/mol. The van der Waals surface area contributed by atoms with Gasteiger partial charge in [0.05, 0.1) is 13.0 Å². The lowest BCUT2D eigenvalue weighted by Gasteiger charge is -2.13. The third-order valence-electron chi connectivity index (χ3n) is 2.17. The first-order valence-corrected chi connectivity index (χ1v) is 5.90. The minimum absolute atomic E-state index is 0.236. The Hall–Kier alpha value is -1.02. The van der Waals surface area contributed by atoms with Crippen molar-refractivity contribution in [2.75, 3.05) is 7.11 Å². The zero-order chi connectivity index (χ0) is 12.6. The van der Waals surface area contributed by atoms with E-state index < -0.39 is 0 Å². The molecule has 2 nitrogen and oxygen atoms in total. The third kappa shape index (κ3) is 3.86. The van der Waals surface area contributed by atoms with Gasteiger partial charge in [-0.1, -0.05) is 50.6 Å². The molecule has 1 unspecified atom stereocenters. The van der Waals surface area contributed by atoms with Crippen molar-refractivity contribution in [3.63, 3.8) is 0 Å². The van der Waals surface area contributed by atoms with Crippen LogP contribution in [0.4, 0.5) is 0 Å². The van der Waals surface area contributed by atoms with Crippen molar-refractivity contribution in [3.05, 3.63) is 34.9 Å². The van der Waals surface area contributed by atoms with Gasteiger partial charge in [-0.15, -0.1) is 0 Å². The Morgan fingerprint density at radius 3 is 2.38 bits per heavy atom. The fourth-order valence-corrected chi connectivity index (χ4v) is 1.68. The van der Waals surface area contributed by atoms with E-state index in [0.29, 0.717) is 11.4 Å². The quantitative estimate of drug-likeness (QED) is 0.748. The standard InChI is InChI=1S/C11H13ClO2.C2H6/c1-3-8(11(13)14-2)9-6-4-5-7-10(9)12;1-2/h4-8H,3H2,1-2H3;1-2H3. The molecular weight excluding hydrogens is 224 g/mol. The molecular formula is C13H19ClO2. The van der Waals surface area contributed by atoms with Crippen LogP contribution in [0.2, 0.25) is 5.02 Å². The normalized spacial score (nSPS) is 11.1. The van der Waals surface area contributed by atoms with Crippen LogP contribution in [0.25, 0.3) is 0 Å². The molecule has 0 aliphatic rings. The fraction of sp³-hybridized carbons (Fsp3) is 0.462. The third-order valence-corrected chi connectivity index (χ3v) is 2.52. The van der Waals surface area contributed by atoms with Gasteiger partial charge in [0.1, 0.15) is 0 Å². The topological polar surface area (TPSA) is 26.3 Å². The van der Waals surface area contributed by atoms with E-state index in [0.717, 1.165) is 5.56 Å². The molecule has 0 amide bonds. The van der Waals surface area contributed by atoms with Crippen LogP contribution in [0.15, 0.2) is 24.3 Å². The van der Waals surface area contributed by atoms with Gasteiger partial charge in [-0.2, -0.15) is 0 Å². The molecule has 16 heavy (non-hydrogen) atoms. The monoisotopic (exact) mass is 242 g/mol. The summed E-state index contributed by atoms with van der Waals surface area (Å²) in [5, 5.41) is 0.616. The first kappa shape index (κ1) is 15.0. The van der Waals surface area contributed by atoms with E-state index in [2.05, 4.69) is 0 Å².